The van der Waals surface area contributed by atoms with Gasteiger partial charge in [0.15, 0.2) is 0 Å². The minimum atomic E-state index is 0.988. The van der Waals surface area contributed by atoms with E-state index in [1.807, 2.05) is 18.2 Å². The summed E-state index contributed by atoms with van der Waals surface area (Å²) in [4.78, 5) is 0. The van der Waals surface area contributed by atoms with Crippen molar-refractivity contribution in [2.45, 2.75) is 32.1 Å². The van der Waals surface area contributed by atoms with Crippen LogP contribution in [0.5, 0.6) is 0 Å². The summed E-state index contributed by atoms with van der Waals surface area (Å²) in [6.07, 6.45) is 7.91. The van der Waals surface area contributed by atoms with Gasteiger partial charge in [-0.15, -0.1) is 6.58 Å². The van der Waals surface area contributed by atoms with Crippen molar-refractivity contribution in [3.63, 3.8) is 0 Å². The number of fused-ring (bicyclic) bond motifs is 3. The molecule has 0 spiro atoms. The molecule has 1 heteroatoms. The number of hydrogen-bond acceptors (Lipinski definition) is 1. The monoisotopic (exact) mass is 264 g/mol. The van der Waals surface area contributed by atoms with E-state index in [1.165, 1.54) is 35.6 Å². The molecule has 3 aromatic rings. The Hall–Kier alpha value is -2.02. The van der Waals surface area contributed by atoms with Gasteiger partial charge in [0, 0.05) is 10.8 Å². The third-order valence-corrected chi connectivity index (χ3v) is 3.84. The molecular weight excluding hydrogens is 244 g/mol. The second kappa shape index (κ2) is 5.96. The van der Waals surface area contributed by atoms with Gasteiger partial charge in [-0.3, -0.25) is 0 Å². The molecule has 3 rings (SSSR count). The summed E-state index contributed by atoms with van der Waals surface area (Å²) in [6, 6.07) is 14.8. The van der Waals surface area contributed by atoms with E-state index in [2.05, 4.69) is 36.9 Å². The first-order valence-corrected chi connectivity index (χ1v) is 7.40. The summed E-state index contributed by atoms with van der Waals surface area (Å²) in [5.41, 5.74) is 3.39. The molecule has 0 aliphatic carbocycles. The zero-order valence-corrected chi connectivity index (χ0v) is 11.8. The zero-order chi connectivity index (χ0) is 13.8. The van der Waals surface area contributed by atoms with E-state index in [0.717, 1.165) is 24.0 Å². The normalized spacial score (nSPS) is 11.2. The van der Waals surface area contributed by atoms with E-state index in [9.17, 15) is 0 Å². The largest absolute Gasteiger partial charge is 0.456 e. The van der Waals surface area contributed by atoms with Gasteiger partial charge in [0.25, 0.3) is 0 Å². The number of furan rings is 1. The fourth-order valence-electron chi connectivity index (χ4n) is 2.78. The molecule has 0 bridgehead atoms. The molecule has 0 unspecified atom stereocenters. The molecule has 0 fully saturated rings. The van der Waals surface area contributed by atoms with Gasteiger partial charge < -0.3 is 4.42 Å². The predicted molar refractivity (Wildman–Crippen MR) is 86.1 cm³/mol. The summed E-state index contributed by atoms with van der Waals surface area (Å²) < 4.78 is 6.05. The maximum absolute atomic E-state index is 6.05. The van der Waals surface area contributed by atoms with E-state index in [4.69, 9.17) is 4.42 Å². The first kappa shape index (κ1) is 13.0. The van der Waals surface area contributed by atoms with Gasteiger partial charge in [0.1, 0.15) is 11.2 Å². The lowest BCUT2D eigenvalue weighted by Gasteiger charge is -2.02. The highest BCUT2D eigenvalue weighted by atomic mass is 16.3. The number of unbranched alkanes of at least 4 members (excludes halogenated alkanes) is 3. The maximum atomic E-state index is 6.05. The van der Waals surface area contributed by atoms with E-state index < -0.39 is 0 Å². The lowest BCUT2D eigenvalue weighted by molar-refractivity contribution is 0.649. The van der Waals surface area contributed by atoms with Gasteiger partial charge in [0.05, 0.1) is 0 Å². The van der Waals surface area contributed by atoms with Gasteiger partial charge >= 0.3 is 0 Å². The quantitative estimate of drug-likeness (QED) is 0.400. The van der Waals surface area contributed by atoms with Crippen LogP contribution in [0.15, 0.2) is 59.5 Å². The topological polar surface area (TPSA) is 13.1 Å². The van der Waals surface area contributed by atoms with Crippen LogP contribution in [0.3, 0.4) is 0 Å². The van der Waals surface area contributed by atoms with E-state index in [0.29, 0.717) is 0 Å². The summed E-state index contributed by atoms with van der Waals surface area (Å²) in [5.74, 6) is 0. The van der Waals surface area contributed by atoms with Crippen molar-refractivity contribution in [2.24, 2.45) is 0 Å². The third kappa shape index (κ3) is 2.49. The summed E-state index contributed by atoms with van der Waals surface area (Å²) in [7, 11) is 0. The van der Waals surface area contributed by atoms with Crippen LogP contribution in [-0.4, -0.2) is 0 Å². The average molecular weight is 264 g/mol. The maximum Gasteiger partial charge on any atom is 0.138 e. The molecule has 0 N–H and O–H groups in total. The first-order valence-electron chi connectivity index (χ1n) is 7.40. The van der Waals surface area contributed by atoms with Crippen LogP contribution in [0.25, 0.3) is 21.9 Å². The number of para-hydroxylation sites is 2. The fourth-order valence-corrected chi connectivity index (χ4v) is 2.78. The Morgan fingerprint density at radius 1 is 0.900 bits per heavy atom. The molecule has 102 valence electrons. The Kier molecular flexibility index (Phi) is 3.87. The SMILES string of the molecule is C=CCCCCCc1cccc2c1oc1ccccc12. The van der Waals surface area contributed by atoms with Gasteiger partial charge in [-0.05, 0) is 37.3 Å². The first-order chi connectivity index (χ1) is 9.90. The molecule has 0 aliphatic rings. The lowest BCUT2D eigenvalue weighted by Crippen LogP contribution is -1.86. The standard InChI is InChI=1S/C19H20O/c1-2-3-4-5-6-10-15-11-9-13-17-16-12-7-8-14-18(16)20-19(15)17/h2,7-9,11-14H,1,3-6,10H2. The smallest absolute Gasteiger partial charge is 0.138 e. The highest BCUT2D eigenvalue weighted by Gasteiger charge is 2.09. The van der Waals surface area contributed by atoms with Crippen molar-refractivity contribution in [3.8, 4) is 0 Å². The van der Waals surface area contributed by atoms with E-state index in [1.54, 1.807) is 0 Å². The van der Waals surface area contributed by atoms with Gasteiger partial charge in [-0.2, -0.15) is 0 Å². The summed E-state index contributed by atoms with van der Waals surface area (Å²) >= 11 is 0. The number of aryl methyl sites for hydroxylation is 1. The predicted octanol–water partition coefficient (Wildman–Crippen LogP) is 5.87. The van der Waals surface area contributed by atoms with E-state index >= 15 is 0 Å². The van der Waals surface area contributed by atoms with Crippen molar-refractivity contribution in [1.82, 2.24) is 0 Å². The minimum Gasteiger partial charge on any atom is -0.456 e. The molecule has 0 saturated carbocycles. The molecule has 1 aromatic heterocycles. The summed E-state index contributed by atoms with van der Waals surface area (Å²) in [6.45, 7) is 3.77. The van der Waals surface area contributed by atoms with Crippen LogP contribution in [0.1, 0.15) is 31.2 Å². The van der Waals surface area contributed by atoms with Crippen LogP contribution in [0.2, 0.25) is 0 Å². The van der Waals surface area contributed by atoms with Crippen molar-refractivity contribution >= 4 is 21.9 Å². The Morgan fingerprint density at radius 2 is 1.75 bits per heavy atom. The zero-order valence-electron chi connectivity index (χ0n) is 11.8. The number of benzene rings is 2. The van der Waals surface area contributed by atoms with Crippen molar-refractivity contribution in [3.05, 3.63) is 60.7 Å². The van der Waals surface area contributed by atoms with Crippen molar-refractivity contribution in [1.29, 1.82) is 0 Å². The minimum absolute atomic E-state index is 0.988. The Bertz CT molecular complexity index is 721. The number of rotatable bonds is 6. The lowest BCUT2D eigenvalue weighted by atomic mass is 10.0. The Morgan fingerprint density at radius 3 is 2.65 bits per heavy atom. The summed E-state index contributed by atoms with van der Waals surface area (Å²) in [5, 5.41) is 2.46. The molecule has 0 aliphatic heterocycles. The number of hydrogen-bond donors (Lipinski definition) is 0. The second-order valence-electron chi connectivity index (χ2n) is 5.28. The van der Waals surface area contributed by atoms with Crippen molar-refractivity contribution < 1.29 is 4.42 Å². The molecular formula is C19H20O. The van der Waals surface area contributed by atoms with Crippen LogP contribution in [0, 0.1) is 0 Å². The molecule has 20 heavy (non-hydrogen) atoms. The van der Waals surface area contributed by atoms with Gasteiger partial charge in [-0.25, -0.2) is 0 Å². The van der Waals surface area contributed by atoms with Crippen LogP contribution >= 0.6 is 0 Å². The molecule has 0 saturated heterocycles. The Labute approximate surface area is 119 Å². The molecule has 1 heterocycles. The van der Waals surface area contributed by atoms with Crippen molar-refractivity contribution in [2.75, 3.05) is 0 Å². The molecule has 0 atom stereocenters. The fraction of sp³-hybridized carbons (Fsp3) is 0.263. The second-order valence-corrected chi connectivity index (χ2v) is 5.28. The van der Waals surface area contributed by atoms with Crippen LogP contribution < -0.4 is 0 Å². The molecule has 0 radical (unpaired) electrons. The number of allylic oxidation sites excluding steroid dienone is 1. The van der Waals surface area contributed by atoms with Crippen LogP contribution in [-0.2, 0) is 6.42 Å². The highest BCUT2D eigenvalue weighted by molar-refractivity contribution is 6.05. The molecule has 1 nitrogen and oxygen atoms in total. The molecule has 2 aromatic carbocycles. The molecule has 0 amide bonds. The van der Waals surface area contributed by atoms with Gasteiger partial charge in [0.2, 0.25) is 0 Å². The average Bonchev–Trinajstić information content (AvgIpc) is 2.87. The highest BCUT2D eigenvalue weighted by Crippen LogP contribution is 2.31. The third-order valence-electron chi connectivity index (χ3n) is 3.84. The van der Waals surface area contributed by atoms with E-state index in [-0.39, 0.29) is 0 Å². The van der Waals surface area contributed by atoms with Gasteiger partial charge in [-0.1, -0.05) is 48.9 Å². The Balaban J connectivity index is 1.86. The van der Waals surface area contributed by atoms with Crippen LogP contribution in [0.4, 0.5) is 0 Å².